The van der Waals surface area contributed by atoms with Crippen molar-refractivity contribution in [2.45, 2.75) is 6.18 Å². The molecule has 0 spiro atoms. The Morgan fingerprint density at radius 3 is 2.53 bits per heavy atom. The summed E-state index contributed by atoms with van der Waals surface area (Å²) in [6.45, 7) is -0.691. The van der Waals surface area contributed by atoms with Crippen LogP contribution in [0.4, 0.5) is 23.7 Å². The van der Waals surface area contributed by atoms with Crippen LogP contribution in [0.3, 0.4) is 0 Å². The summed E-state index contributed by atoms with van der Waals surface area (Å²) >= 11 is 0.574. The Morgan fingerprint density at radius 2 is 1.81 bits per heavy atom. The van der Waals surface area contributed by atoms with Gasteiger partial charge in [-0.2, -0.15) is 13.2 Å². The van der Waals surface area contributed by atoms with Crippen molar-refractivity contribution in [3.05, 3.63) is 82.5 Å². The van der Waals surface area contributed by atoms with Crippen molar-refractivity contribution >= 4 is 46.5 Å². The van der Waals surface area contributed by atoms with Gasteiger partial charge in [0.15, 0.2) is 0 Å². The van der Waals surface area contributed by atoms with E-state index in [1.807, 2.05) is 0 Å². The molecule has 1 aliphatic rings. The van der Waals surface area contributed by atoms with Gasteiger partial charge in [-0.1, -0.05) is 18.2 Å². The van der Waals surface area contributed by atoms with Crippen molar-refractivity contribution in [2.75, 3.05) is 11.9 Å². The first-order valence-electron chi connectivity index (χ1n) is 10.2. The summed E-state index contributed by atoms with van der Waals surface area (Å²) < 4.78 is 44.2. The van der Waals surface area contributed by atoms with Crippen molar-refractivity contribution in [3.63, 3.8) is 0 Å². The summed E-state index contributed by atoms with van der Waals surface area (Å²) in [4.78, 5) is 49.1. The zero-order valence-electron chi connectivity index (χ0n) is 18.0. The minimum absolute atomic E-state index is 0.0212. The topological polar surface area (TPSA) is 117 Å². The average Bonchev–Trinajstić information content (AvgIpc) is 3.39. The largest absolute Gasteiger partial charge is 0.478 e. The average molecular weight is 516 g/mol. The molecule has 4 rings (SSSR count). The zero-order chi connectivity index (χ0) is 26.0. The van der Waals surface area contributed by atoms with E-state index in [4.69, 9.17) is 9.52 Å². The fourth-order valence-corrected chi connectivity index (χ4v) is 4.09. The molecule has 1 aliphatic heterocycles. The predicted molar refractivity (Wildman–Crippen MR) is 124 cm³/mol. The second-order valence-electron chi connectivity index (χ2n) is 7.48. The molecule has 184 valence electrons. The van der Waals surface area contributed by atoms with Gasteiger partial charge in [-0.05, 0) is 54.2 Å². The molecule has 2 aromatic carbocycles. The van der Waals surface area contributed by atoms with Gasteiger partial charge < -0.3 is 14.8 Å². The SMILES string of the molecule is O=C(CN1C(=O)S/C(=C\c2ccc(-c3cccc(C(=O)O)c3)o2)C1=O)Nc1cccc(C(F)(F)F)c1. The van der Waals surface area contributed by atoms with Crippen LogP contribution in [0.25, 0.3) is 17.4 Å². The number of amides is 3. The Morgan fingerprint density at radius 1 is 1.06 bits per heavy atom. The number of halogens is 3. The van der Waals surface area contributed by atoms with Gasteiger partial charge in [0.2, 0.25) is 5.91 Å². The number of carboxylic acids is 1. The van der Waals surface area contributed by atoms with Crippen molar-refractivity contribution in [2.24, 2.45) is 0 Å². The number of imide groups is 1. The maximum absolute atomic E-state index is 12.9. The lowest BCUT2D eigenvalue weighted by molar-refractivity contribution is -0.137. The van der Waals surface area contributed by atoms with Gasteiger partial charge in [0.05, 0.1) is 16.0 Å². The maximum atomic E-state index is 12.9. The van der Waals surface area contributed by atoms with E-state index < -0.39 is 41.3 Å². The van der Waals surface area contributed by atoms with Crippen molar-refractivity contribution < 1.29 is 41.9 Å². The van der Waals surface area contributed by atoms with Gasteiger partial charge in [-0.3, -0.25) is 19.3 Å². The van der Waals surface area contributed by atoms with Gasteiger partial charge in [-0.15, -0.1) is 0 Å². The number of carboxylic acid groups (broad SMARTS) is 1. The van der Waals surface area contributed by atoms with Gasteiger partial charge in [0, 0.05) is 17.3 Å². The van der Waals surface area contributed by atoms with E-state index in [2.05, 4.69) is 5.32 Å². The summed E-state index contributed by atoms with van der Waals surface area (Å²) in [7, 11) is 0. The van der Waals surface area contributed by atoms with E-state index in [-0.39, 0.29) is 21.9 Å². The molecule has 0 radical (unpaired) electrons. The fourth-order valence-electron chi connectivity index (χ4n) is 3.27. The lowest BCUT2D eigenvalue weighted by atomic mass is 10.1. The molecule has 12 heteroatoms. The second kappa shape index (κ2) is 9.74. The zero-order valence-corrected chi connectivity index (χ0v) is 18.9. The molecule has 0 atom stereocenters. The smallest absolute Gasteiger partial charge is 0.416 e. The minimum atomic E-state index is -4.59. The molecule has 1 fully saturated rings. The van der Waals surface area contributed by atoms with Crippen LogP contribution in [0, 0.1) is 0 Å². The molecular weight excluding hydrogens is 501 g/mol. The lowest BCUT2D eigenvalue weighted by Gasteiger charge is -2.13. The summed E-state index contributed by atoms with van der Waals surface area (Å²) in [6.07, 6.45) is -3.29. The minimum Gasteiger partial charge on any atom is -0.478 e. The number of carbonyl (C=O) groups excluding carboxylic acids is 3. The highest BCUT2D eigenvalue weighted by molar-refractivity contribution is 8.18. The van der Waals surface area contributed by atoms with Gasteiger partial charge in [-0.25, -0.2) is 4.79 Å². The monoisotopic (exact) mass is 516 g/mol. The predicted octanol–water partition coefficient (Wildman–Crippen LogP) is 5.34. The standard InChI is InChI=1S/C24H15F3N2O6S/c25-24(26,27)15-5-2-6-16(10-15)28-20(30)12-29-21(31)19(36-23(29)34)11-17-7-8-18(35-17)13-3-1-4-14(9-13)22(32)33/h1-11H,12H2,(H,28,30)(H,32,33)/b19-11-. The number of hydrogen-bond acceptors (Lipinski definition) is 6. The number of nitrogens with zero attached hydrogens (tertiary/aromatic N) is 1. The van der Waals surface area contributed by atoms with E-state index in [9.17, 15) is 32.3 Å². The number of anilines is 1. The van der Waals surface area contributed by atoms with E-state index in [1.165, 1.54) is 30.3 Å². The van der Waals surface area contributed by atoms with Gasteiger partial charge >= 0.3 is 12.1 Å². The van der Waals surface area contributed by atoms with Crippen molar-refractivity contribution in [1.29, 1.82) is 0 Å². The first-order valence-corrected chi connectivity index (χ1v) is 11.0. The first kappa shape index (κ1) is 24.8. The Hall–Kier alpha value is -4.32. The third-order valence-electron chi connectivity index (χ3n) is 4.94. The number of thioether (sulfide) groups is 1. The summed E-state index contributed by atoms with van der Waals surface area (Å²) in [5.41, 5.74) is -0.529. The number of alkyl halides is 3. The number of carbonyl (C=O) groups is 4. The van der Waals surface area contributed by atoms with Crippen LogP contribution in [0.15, 0.2) is 70.0 Å². The molecule has 36 heavy (non-hydrogen) atoms. The fraction of sp³-hybridized carbons (Fsp3) is 0.0833. The van der Waals surface area contributed by atoms with E-state index >= 15 is 0 Å². The molecule has 0 unspecified atom stereocenters. The molecule has 0 bridgehead atoms. The number of furan rings is 1. The van der Waals surface area contributed by atoms with Crippen LogP contribution < -0.4 is 5.32 Å². The van der Waals surface area contributed by atoms with Crippen LogP contribution in [0.2, 0.25) is 0 Å². The highest BCUT2D eigenvalue weighted by atomic mass is 32.2. The molecular formula is C24H15F3N2O6S. The van der Waals surface area contributed by atoms with Gasteiger partial charge in [0.1, 0.15) is 18.1 Å². The Bertz CT molecular complexity index is 1410. The number of benzene rings is 2. The van der Waals surface area contributed by atoms with Crippen LogP contribution >= 0.6 is 11.8 Å². The maximum Gasteiger partial charge on any atom is 0.416 e. The molecule has 0 aliphatic carbocycles. The summed E-state index contributed by atoms with van der Waals surface area (Å²) in [5, 5.41) is 10.6. The molecule has 8 nitrogen and oxygen atoms in total. The molecule has 0 saturated carbocycles. The molecule has 2 N–H and O–H groups in total. The quantitative estimate of drug-likeness (QED) is 0.425. The molecule has 3 aromatic rings. The van der Waals surface area contributed by atoms with Crippen molar-refractivity contribution in [1.82, 2.24) is 4.90 Å². The number of hydrogen-bond donors (Lipinski definition) is 2. The first-order chi connectivity index (χ1) is 17.0. The van der Waals surface area contributed by atoms with Crippen LogP contribution in [0.5, 0.6) is 0 Å². The normalized spacial score (nSPS) is 15.0. The number of rotatable bonds is 6. The lowest BCUT2D eigenvalue weighted by Crippen LogP contribution is -2.36. The Balaban J connectivity index is 1.45. The highest BCUT2D eigenvalue weighted by Gasteiger charge is 2.37. The van der Waals surface area contributed by atoms with Crippen LogP contribution in [-0.2, 0) is 15.8 Å². The molecule has 2 heterocycles. The highest BCUT2D eigenvalue weighted by Crippen LogP contribution is 2.34. The second-order valence-corrected chi connectivity index (χ2v) is 8.48. The Labute approximate surface area is 205 Å². The van der Waals surface area contributed by atoms with Crippen LogP contribution in [0.1, 0.15) is 21.7 Å². The molecule has 3 amide bonds. The van der Waals surface area contributed by atoms with E-state index in [0.29, 0.717) is 28.0 Å². The third kappa shape index (κ3) is 5.49. The number of aromatic carboxylic acids is 1. The summed E-state index contributed by atoms with van der Waals surface area (Å²) in [6, 6.07) is 13.1. The summed E-state index contributed by atoms with van der Waals surface area (Å²) in [5.74, 6) is -2.17. The number of nitrogens with one attached hydrogen (secondary N) is 1. The van der Waals surface area contributed by atoms with Crippen molar-refractivity contribution in [3.8, 4) is 11.3 Å². The molecule has 1 saturated heterocycles. The Kier molecular flexibility index (Phi) is 6.71. The van der Waals surface area contributed by atoms with Gasteiger partial charge in [0.25, 0.3) is 11.1 Å². The van der Waals surface area contributed by atoms with Crippen LogP contribution in [-0.4, -0.2) is 39.6 Å². The molecule has 1 aromatic heterocycles. The third-order valence-corrected chi connectivity index (χ3v) is 5.85. The van der Waals surface area contributed by atoms with E-state index in [1.54, 1.807) is 18.2 Å². The van der Waals surface area contributed by atoms with E-state index in [0.717, 1.165) is 18.2 Å².